The zero-order valence-electron chi connectivity index (χ0n) is 10.3. The Labute approximate surface area is 112 Å². The smallest absolute Gasteiger partial charge is 0.319 e. The van der Waals surface area contributed by atoms with Crippen molar-refractivity contribution in [3.8, 4) is 5.75 Å². The molecule has 0 aliphatic heterocycles. The molecule has 0 aromatic heterocycles. The van der Waals surface area contributed by atoms with Gasteiger partial charge in [-0.05, 0) is 37.8 Å². The summed E-state index contributed by atoms with van der Waals surface area (Å²) in [5.41, 5.74) is 0.566. The normalized spacial score (nSPS) is 14.1. The molecule has 0 atom stereocenters. The van der Waals surface area contributed by atoms with Crippen LogP contribution >= 0.6 is 11.6 Å². The lowest BCUT2D eigenvalue weighted by atomic mass is 10.3. The zero-order chi connectivity index (χ0) is 13.0. The molecule has 18 heavy (non-hydrogen) atoms. The van der Waals surface area contributed by atoms with Crippen molar-refractivity contribution in [1.82, 2.24) is 5.32 Å². The maximum atomic E-state index is 11.6. The molecule has 0 bridgehead atoms. The van der Waals surface area contributed by atoms with E-state index in [4.69, 9.17) is 16.3 Å². The van der Waals surface area contributed by atoms with Crippen LogP contribution in [0.4, 0.5) is 10.5 Å². The van der Waals surface area contributed by atoms with E-state index in [0.29, 0.717) is 29.0 Å². The number of ether oxygens (including phenoxy) is 1. The van der Waals surface area contributed by atoms with E-state index in [1.807, 2.05) is 6.92 Å². The van der Waals surface area contributed by atoms with Crippen molar-refractivity contribution in [3.05, 3.63) is 23.2 Å². The third kappa shape index (κ3) is 3.81. The van der Waals surface area contributed by atoms with Crippen molar-refractivity contribution in [2.75, 3.05) is 18.5 Å². The molecule has 0 saturated heterocycles. The van der Waals surface area contributed by atoms with Crippen molar-refractivity contribution < 1.29 is 9.53 Å². The molecule has 1 saturated carbocycles. The van der Waals surface area contributed by atoms with Gasteiger partial charge in [0.1, 0.15) is 5.75 Å². The number of carbonyl (C=O) groups excluding carboxylic acids is 1. The van der Waals surface area contributed by atoms with E-state index in [-0.39, 0.29) is 6.03 Å². The molecule has 0 radical (unpaired) electrons. The van der Waals surface area contributed by atoms with Gasteiger partial charge in [-0.2, -0.15) is 0 Å². The van der Waals surface area contributed by atoms with Crippen LogP contribution in [0.15, 0.2) is 18.2 Å². The van der Waals surface area contributed by atoms with Gasteiger partial charge in [-0.1, -0.05) is 11.6 Å². The van der Waals surface area contributed by atoms with Crippen LogP contribution in [0, 0.1) is 5.92 Å². The van der Waals surface area contributed by atoms with E-state index in [0.717, 1.165) is 6.54 Å². The number of anilines is 1. The lowest BCUT2D eigenvalue weighted by Gasteiger charge is -2.10. The fourth-order valence-corrected chi connectivity index (χ4v) is 1.75. The average molecular weight is 269 g/mol. The van der Waals surface area contributed by atoms with Crippen molar-refractivity contribution >= 4 is 23.3 Å². The van der Waals surface area contributed by atoms with Gasteiger partial charge >= 0.3 is 6.03 Å². The Morgan fingerprint density at radius 2 is 2.28 bits per heavy atom. The number of carbonyl (C=O) groups is 1. The number of halogens is 1. The Balaban J connectivity index is 1.93. The second kappa shape index (κ2) is 5.96. The topological polar surface area (TPSA) is 50.4 Å². The molecule has 2 N–H and O–H groups in total. The maximum Gasteiger partial charge on any atom is 0.319 e. The molecule has 4 nitrogen and oxygen atoms in total. The summed E-state index contributed by atoms with van der Waals surface area (Å²) < 4.78 is 5.36. The quantitative estimate of drug-likeness (QED) is 0.861. The SMILES string of the molecule is CCOc1ccc(Cl)c(NC(=O)NCC2CC2)c1. The Kier molecular flexibility index (Phi) is 4.31. The van der Waals surface area contributed by atoms with Crippen LogP contribution in [-0.2, 0) is 0 Å². The van der Waals surface area contributed by atoms with Crippen LogP contribution in [-0.4, -0.2) is 19.2 Å². The number of nitrogens with one attached hydrogen (secondary N) is 2. The minimum atomic E-state index is -0.225. The van der Waals surface area contributed by atoms with E-state index in [1.54, 1.807) is 18.2 Å². The van der Waals surface area contributed by atoms with E-state index >= 15 is 0 Å². The fraction of sp³-hybridized carbons (Fsp3) is 0.462. The van der Waals surface area contributed by atoms with Crippen molar-refractivity contribution in [2.24, 2.45) is 5.92 Å². The highest BCUT2D eigenvalue weighted by Crippen LogP contribution is 2.28. The molecule has 2 rings (SSSR count). The van der Waals surface area contributed by atoms with E-state index in [1.165, 1.54) is 12.8 Å². The molecule has 2 amide bonds. The Hall–Kier alpha value is -1.42. The molecule has 1 aromatic carbocycles. The first-order chi connectivity index (χ1) is 8.69. The number of amides is 2. The molecule has 0 unspecified atom stereocenters. The summed E-state index contributed by atoms with van der Waals surface area (Å²) in [5.74, 6) is 1.35. The second-order valence-corrected chi connectivity index (χ2v) is 4.76. The summed E-state index contributed by atoms with van der Waals surface area (Å²) in [6.45, 7) is 3.22. The van der Waals surface area contributed by atoms with E-state index < -0.39 is 0 Å². The van der Waals surface area contributed by atoms with Crippen molar-refractivity contribution in [3.63, 3.8) is 0 Å². The minimum absolute atomic E-state index is 0.225. The first-order valence-corrected chi connectivity index (χ1v) is 6.54. The molecule has 98 valence electrons. The fourth-order valence-electron chi connectivity index (χ4n) is 1.58. The number of urea groups is 1. The van der Waals surface area contributed by atoms with Crippen LogP contribution in [0.1, 0.15) is 19.8 Å². The van der Waals surface area contributed by atoms with E-state index in [9.17, 15) is 4.79 Å². The van der Waals surface area contributed by atoms with E-state index in [2.05, 4.69) is 10.6 Å². The zero-order valence-corrected chi connectivity index (χ0v) is 11.1. The molecule has 0 heterocycles. The monoisotopic (exact) mass is 268 g/mol. The standard InChI is InChI=1S/C13H17ClN2O2/c1-2-18-10-5-6-11(14)12(7-10)16-13(17)15-8-9-3-4-9/h5-7,9H,2-4,8H2,1H3,(H2,15,16,17). The highest BCUT2D eigenvalue weighted by Gasteiger charge is 2.21. The molecule has 1 aromatic rings. The lowest BCUT2D eigenvalue weighted by molar-refractivity contribution is 0.251. The van der Waals surface area contributed by atoms with Gasteiger partial charge < -0.3 is 15.4 Å². The van der Waals surface area contributed by atoms with Crippen LogP contribution in [0.3, 0.4) is 0 Å². The lowest BCUT2D eigenvalue weighted by Crippen LogP contribution is -2.30. The maximum absolute atomic E-state index is 11.6. The summed E-state index contributed by atoms with van der Waals surface area (Å²) in [6.07, 6.45) is 2.42. The highest BCUT2D eigenvalue weighted by molar-refractivity contribution is 6.33. The van der Waals surface area contributed by atoms with Crippen LogP contribution in [0.2, 0.25) is 5.02 Å². The van der Waals surface area contributed by atoms with Gasteiger partial charge in [0.2, 0.25) is 0 Å². The van der Waals surface area contributed by atoms with Gasteiger partial charge in [-0.25, -0.2) is 4.79 Å². The highest BCUT2D eigenvalue weighted by atomic mass is 35.5. The summed E-state index contributed by atoms with van der Waals surface area (Å²) in [7, 11) is 0. The average Bonchev–Trinajstić information content (AvgIpc) is 3.15. The predicted octanol–water partition coefficient (Wildman–Crippen LogP) is 3.27. The predicted molar refractivity (Wildman–Crippen MR) is 72.4 cm³/mol. The van der Waals surface area contributed by atoms with Gasteiger partial charge in [-0.15, -0.1) is 0 Å². The Morgan fingerprint density at radius 3 is 2.94 bits per heavy atom. The number of hydrogen-bond donors (Lipinski definition) is 2. The molecular formula is C13H17ClN2O2. The summed E-state index contributed by atoms with van der Waals surface area (Å²) in [5, 5.41) is 6.05. The van der Waals surface area contributed by atoms with Crippen LogP contribution in [0.5, 0.6) is 5.75 Å². The Morgan fingerprint density at radius 1 is 1.50 bits per heavy atom. The largest absolute Gasteiger partial charge is 0.494 e. The minimum Gasteiger partial charge on any atom is -0.494 e. The first kappa shape index (κ1) is 13.0. The molecule has 5 heteroatoms. The number of benzene rings is 1. The third-order valence-electron chi connectivity index (χ3n) is 2.75. The van der Waals surface area contributed by atoms with Gasteiger partial charge in [0, 0.05) is 12.6 Å². The molecular weight excluding hydrogens is 252 g/mol. The summed E-state index contributed by atoms with van der Waals surface area (Å²) in [6, 6.07) is 4.99. The number of rotatable bonds is 5. The number of hydrogen-bond acceptors (Lipinski definition) is 2. The van der Waals surface area contributed by atoms with Crippen LogP contribution < -0.4 is 15.4 Å². The molecule has 1 aliphatic rings. The third-order valence-corrected chi connectivity index (χ3v) is 3.07. The van der Waals surface area contributed by atoms with Gasteiger partial charge in [0.15, 0.2) is 0 Å². The van der Waals surface area contributed by atoms with Gasteiger partial charge in [-0.3, -0.25) is 0 Å². The molecule has 1 aliphatic carbocycles. The molecule has 0 spiro atoms. The second-order valence-electron chi connectivity index (χ2n) is 4.35. The van der Waals surface area contributed by atoms with Crippen LogP contribution in [0.25, 0.3) is 0 Å². The molecule has 1 fully saturated rings. The summed E-state index contributed by atoms with van der Waals surface area (Å²) >= 11 is 6.02. The van der Waals surface area contributed by atoms with Gasteiger partial charge in [0.25, 0.3) is 0 Å². The first-order valence-electron chi connectivity index (χ1n) is 6.16. The van der Waals surface area contributed by atoms with Gasteiger partial charge in [0.05, 0.1) is 17.3 Å². The summed E-state index contributed by atoms with van der Waals surface area (Å²) in [4.78, 5) is 11.6. The van der Waals surface area contributed by atoms with Crippen molar-refractivity contribution in [2.45, 2.75) is 19.8 Å². The Bertz CT molecular complexity index is 433. The van der Waals surface area contributed by atoms with Crippen molar-refractivity contribution in [1.29, 1.82) is 0 Å².